The first-order valence-corrected chi connectivity index (χ1v) is 9.69. The highest BCUT2D eigenvalue weighted by atomic mass is 15.0. The number of aromatic nitrogens is 1. The number of hydrogen-bond acceptors (Lipinski definition) is 1. The fraction of sp³-hybridized carbons (Fsp3) is 0.250. The Morgan fingerprint density at radius 1 is 0.846 bits per heavy atom. The fourth-order valence-corrected chi connectivity index (χ4v) is 4.44. The van der Waals surface area contributed by atoms with E-state index in [1.54, 1.807) is 0 Å². The average molecular weight is 340 g/mol. The Labute approximate surface area is 154 Å². The lowest BCUT2D eigenvalue weighted by Crippen LogP contribution is -2.00. The first-order chi connectivity index (χ1) is 12.8. The molecule has 26 heavy (non-hydrogen) atoms. The van der Waals surface area contributed by atoms with Crippen molar-refractivity contribution in [3.63, 3.8) is 0 Å². The van der Waals surface area contributed by atoms with Crippen LogP contribution in [0, 0.1) is 0 Å². The number of aryl methyl sites for hydroxylation is 3. The lowest BCUT2D eigenvalue weighted by atomic mass is 10.1. The van der Waals surface area contributed by atoms with Crippen LogP contribution in [0.25, 0.3) is 21.8 Å². The molecule has 1 aliphatic carbocycles. The van der Waals surface area contributed by atoms with E-state index >= 15 is 0 Å². The molecule has 0 unspecified atom stereocenters. The van der Waals surface area contributed by atoms with Crippen molar-refractivity contribution in [2.24, 2.45) is 0 Å². The van der Waals surface area contributed by atoms with Gasteiger partial charge in [0.1, 0.15) is 0 Å². The Morgan fingerprint density at radius 3 is 2.62 bits per heavy atom. The second-order valence-electron chi connectivity index (χ2n) is 7.30. The van der Waals surface area contributed by atoms with Gasteiger partial charge >= 0.3 is 0 Å². The highest BCUT2D eigenvalue weighted by Crippen LogP contribution is 2.30. The minimum atomic E-state index is 0.861. The molecular weight excluding hydrogens is 316 g/mol. The van der Waals surface area contributed by atoms with Gasteiger partial charge in [-0.25, -0.2) is 0 Å². The number of benzene rings is 3. The summed E-state index contributed by atoms with van der Waals surface area (Å²) in [5, 5.41) is 6.33. The van der Waals surface area contributed by atoms with Crippen LogP contribution in [0.2, 0.25) is 0 Å². The standard InChI is InChI=1S/C24H24N2/c1-2-26-23-9-4-3-8-21(23)22-14-17(10-13-24(22)26)16-25-20-12-11-18-6-5-7-19(18)15-20/h3-4,8-15,25H,2,5-7,16H2,1H3. The number of fused-ring (bicyclic) bond motifs is 4. The molecular formula is C24H24N2. The number of anilines is 1. The van der Waals surface area contributed by atoms with Gasteiger partial charge in [0, 0.05) is 40.6 Å². The van der Waals surface area contributed by atoms with E-state index in [-0.39, 0.29) is 0 Å². The number of para-hydroxylation sites is 1. The van der Waals surface area contributed by atoms with Gasteiger partial charge in [0.05, 0.1) is 0 Å². The fourth-order valence-electron chi connectivity index (χ4n) is 4.44. The predicted octanol–water partition coefficient (Wildman–Crippen LogP) is 5.92. The lowest BCUT2D eigenvalue weighted by molar-refractivity contribution is 0.827. The quantitative estimate of drug-likeness (QED) is 0.488. The first kappa shape index (κ1) is 15.5. The van der Waals surface area contributed by atoms with Gasteiger partial charge in [0.25, 0.3) is 0 Å². The summed E-state index contributed by atoms with van der Waals surface area (Å²) in [4.78, 5) is 0. The molecule has 0 fully saturated rings. The van der Waals surface area contributed by atoms with Crippen molar-refractivity contribution in [2.45, 2.75) is 39.3 Å². The van der Waals surface area contributed by atoms with Gasteiger partial charge < -0.3 is 9.88 Å². The van der Waals surface area contributed by atoms with Gasteiger partial charge in [0.15, 0.2) is 0 Å². The Morgan fingerprint density at radius 2 is 1.69 bits per heavy atom. The Bertz CT molecular complexity index is 1100. The van der Waals surface area contributed by atoms with E-state index in [2.05, 4.69) is 77.5 Å². The Balaban J connectivity index is 1.47. The average Bonchev–Trinajstić information content (AvgIpc) is 3.27. The molecule has 1 N–H and O–H groups in total. The minimum absolute atomic E-state index is 0.861. The van der Waals surface area contributed by atoms with Crippen LogP contribution in [0.4, 0.5) is 5.69 Å². The molecule has 1 aromatic heterocycles. The third-order valence-electron chi connectivity index (χ3n) is 5.75. The minimum Gasteiger partial charge on any atom is -0.381 e. The molecule has 1 heterocycles. The largest absolute Gasteiger partial charge is 0.381 e. The third kappa shape index (κ3) is 2.48. The summed E-state index contributed by atoms with van der Waals surface area (Å²) in [7, 11) is 0. The van der Waals surface area contributed by atoms with Crippen molar-refractivity contribution in [2.75, 3.05) is 5.32 Å². The zero-order valence-electron chi connectivity index (χ0n) is 15.3. The van der Waals surface area contributed by atoms with Crippen LogP contribution in [0.5, 0.6) is 0 Å². The molecule has 2 nitrogen and oxygen atoms in total. The summed E-state index contributed by atoms with van der Waals surface area (Å²) in [6, 6.07) is 22.5. The van der Waals surface area contributed by atoms with E-state index in [1.807, 2.05) is 0 Å². The zero-order chi connectivity index (χ0) is 17.5. The van der Waals surface area contributed by atoms with Crippen LogP contribution in [0.15, 0.2) is 60.7 Å². The molecule has 130 valence electrons. The van der Waals surface area contributed by atoms with E-state index in [0.717, 1.165) is 13.1 Å². The van der Waals surface area contributed by atoms with E-state index in [1.165, 1.54) is 63.4 Å². The summed E-state index contributed by atoms with van der Waals surface area (Å²) >= 11 is 0. The smallest absolute Gasteiger partial charge is 0.0491 e. The highest BCUT2D eigenvalue weighted by Gasteiger charge is 2.11. The molecule has 2 heteroatoms. The monoisotopic (exact) mass is 340 g/mol. The van der Waals surface area contributed by atoms with Crippen LogP contribution < -0.4 is 5.32 Å². The number of rotatable bonds is 4. The van der Waals surface area contributed by atoms with Crippen LogP contribution in [0.1, 0.15) is 30.0 Å². The van der Waals surface area contributed by atoms with Crippen LogP contribution in [0.3, 0.4) is 0 Å². The van der Waals surface area contributed by atoms with Crippen molar-refractivity contribution >= 4 is 27.5 Å². The molecule has 0 saturated carbocycles. The van der Waals surface area contributed by atoms with Crippen LogP contribution in [-0.2, 0) is 25.9 Å². The maximum Gasteiger partial charge on any atom is 0.0491 e. The molecule has 5 rings (SSSR count). The normalized spacial score (nSPS) is 13.4. The van der Waals surface area contributed by atoms with Crippen molar-refractivity contribution in [1.82, 2.24) is 4.57 Å². The molecule has 0 atom stereocenters. The van der Waals surface area contributed by atoms with E-state index < -0.39 is 0 Å². The molecule has 0 radical (unpaired) electrons. The van der Waals surface area contributed by atoms with Gasteiger partial charge in [-0.1, -0.05) is 30.3 Å². The summed E-state index contributed by atoms with van der Waals surface area (Å²) in [5.41, 5.74) is 8.28. The summed E-state index contributed by atoms with van der Waals surface area (Å²) in [5.74, 6) is 0. The molecule has 4 aromatic rings. The van der Waals surface area contributed by atoms with Crippen molar-refractivity contribution in [3.8, 4) is 0 Å². The number of hydrogen-bond donors (Lipinski definition) is 1. The van der Waals surface area contributed by atoms with Crippen molar-refractivity contribution in [1.29, 1.82) is 0 Å². The van der Waals surface area contributed by atoms with Crippen molar-refractivity contribution < 1.29 is 0 Å². The molecule has 0 spiro atoms. The first-order valence-electron chi connectivity index (χ1n) is 9.69. The third-order valence-corrected chi connectivity index (χ3v) is 5.75. The maximum atomic E-state index is 3.62. The molecule has 0 aliphatic heterocycles. The van der Waals surface area contributed by atoms with Crippen LogP contribution >= 0.6 is 0 Å². The van der Waals surface area contributed by atoms with Gasteiger partial charge in [-0.2, -0.15) is 0 Å². The van der Waals surface area contributed by atoms with Gasteiger partial charge in [-0.3, -0.25) is 0 Å². The van der Waals surface area contributed by atoms with E-state index in [0.29, 0.717) is 0 Å². The molecule has 0 amide bonds. The molecule has 0 saturated heterocycles. The maximum absolute atomic E-state index is 3.62. The second-order valence-corrected chi connectivity index (χ2v) is 7.30. The SMILES string of the molecule is CCn1c2ccccc2c2cc(CNc3ccc4c(c3)CCC4)ccc21. The van der Waals surface area contributed by atoms with Crippen LogP contribution in [-0.4, -0.2) is 4.57 Å². The van der Waals surface area contributed by atoms with E-state index in [4.69, 9.17) is 0 Å². The lowest BCUT2D eigenvalue weighted by Gasteiger charge is -2.09. The molecule has 3 aromatic carbocycles. The summed E-state index contributed by atoms with van der Waals surface area (Å²) in [6.07, 6.45) is 3.78. The molecule has 1 aliphatic rings. The predicted molar refractivity (Wildman–Crippen MR) is 111 cm³/mol. The van der Waals surface area contributed by atoms with Gasteiger partial charge in [-0.15, -0.1) is 0 Å². The van der Waals surface area contributed by atoms with Gasteiger partial charge in [-0.05, 0) is 73.2 Å². The Kier molecular flexibility index (Phi) is 3.70. The zero-order valence-corrected chi connectivity index (χ0v) is 15.3. The van der Waals surface area contributed by atoms with Gasteiger partial charge in [0.2, 0.25) is 0 Å². The number of nitrogens with zero attached hydrogens (tertiary/aromatic N) is 1. The number of nitrogens with one attached hydrogen (secondary N) is 1. The second kappa shape index (κ2) is 6.21. The topological polar surface area (TPSA) is 17.0 Å². The van der Waals surface area contributed by atoms with E-state index in [9.17, 15) is 0 Å². The summed E-state index contributed by atoms with van der Waals surface area (Å²) in [6.45, 7) is 4.08. The molecule has 0 bridgehead atoms. The highest BCUT2D eigenvalue weighted by molar-refractivity contribution is 6.08. The van der Waals surface area contributed by atoms with Crippen molar-refractivity contribution in [3.05, 3.63) is 77.4 Å². The Hall–Kier alpha value is -2.74. The summed E-state index contributed by atoms with van der Waals surface area (Å²) < 4.78 is 2.41.